The smallest absolute Gasteiger partial charge is 0.281 e. The maximum absolute atomic E-state index is 12.1. The van der Waals surface area contributed by atoms with Crippen molar-refractivity contribution in [3.63, 3.8) is 0 Å². The molecule has 7 nitrogen and oxygen atoms in total. The van der Waals surface area contributed by atoms with Crippen LogP contribution in [0.5, 0.6) is 0 Å². The van der Waals surface area contributed by atoms with Gasteiger partial charge in [0.2, 0.25) is 5.91 Å². The van der Waals surface area contributed by atoms with Gasteiger partial charge in [0.05, 0.1) is 19.2 Å². The number of aromatic nitrogens is 2. The van der Waals surface area contributed by atoms with E-state index >= 15 is 0 Å². The zero-order chi connectivity index (χ0) is 13.9. The Bertz CT molecular complexity index is 564. The molecule has 0 saturated carbocycles. The molecule has 1 aromatic heterocycles. The number of carbonyl (C=O) groups is 1. The summed E-state index contributed by atoms with van der Waals surface area (Å²) in [5.41, 5.74) is 0. The number of carbonyl (C=O) groups excluding carboxylic acids is 1. The van der Waals surface area contributed by atoms with E-state index in [9.17, 15) is 13.2 Å². The van der Waals surface area contributed by atoms with Gasteiger partial charge in [-0.2, -0.15) is 8.42 Å². The molecule has 0 radical (unpaired) electrons. The van der Waals surface area contributed by atoms with Crippen LogP contribution in [0.15, 0.2) is 11.2 Å². The molecule has 2 rings (SSSR count). The maximum Gasteiger partial charge on any atom is 0.281 e. The third kappa shape index (κ3) is 3.13. The van der Waals surface area contributed by atoms with Crippen LogP contribution >= 0.6 is 0 Å². The quantitative estimate of drug-likeness (QED) is 0.747. The molecule has 0 aromatic carbocycles. The Balaban J connectivity index is 2.04. The fourth-order valence-electron chi connectivity index (χ4n) is 2.01. The van der Waals surface area contributed by atoms with Gasteiger partial charge in [-0.25, -0.2) is 9.71 Å². The van der Waals surface area contributed by atoms with E-state index in [2.05, 4.69) is 4.98 Å². The molecule has 1 aliphatic rings. The minimum Gasteiger partial charge on any atom is -0.381 e. The largest absolute Gasteiger partial charge is 0.381 e. The molecule has 0 bridgehead atoms. The fourth-order valence-corrected chi connectivity index (χ4v) is 3.19. The number of fused-ring (bicyclic) bond motifs is 1. The van der Waals surface area contributed by atoms with Crippen LogP contribution in [0.2, 0.25) is 0 Å². The van der Waals surface area contributed by atoms with Gasteiger partial charge in [0.1, 0.15) is 5.82 Å². The Labute approximate surface area is 112 Å². The minimum absolute atomic E-state index is 0.0219. The van der Waals surface area contributed by atoms with Crippen LogP contribution in [0.25, 0.3) is 0 Å². The van der Waals surface area contributed by atoms with Gasteiger partial charge in [0, 0.05) is 19.6 Å². The molecule has 0 saturated heterocycles. The number of ether oxygens (including phenoxy) is 1. The number of amides is 1. The van der Waals surface area contributed by atoms with Gasteiger partial charge in [-0.1, -0.05) is 0 Å². The Hall–Kier alpha value is -1.41. The first-order valence-electron chi connectivity index (χ1n) is 6.22. The molecular formula is C11H17N3O4S. The Morgan fingerprint density at radius 1 is 1.58 bits per heavy atom. The van der Waals surface area contributed by atoms with Crippen LogP contribution in [0.4, 0.5) is 0 Å². The van der Waals surface area contributed by atoms with Crippen molar-refractivity contribution in [1.29, 1.82) is 0 Å². The van der Waals surface area contributed by atoms with E-state index < -0.39 is 15.9 Å². The second kappa shape index (κ2) is 5.70. The molecule has 1 aliphatic heterocycles. The Morgan fingerprint density at radius 3 is 3.11 bits per heavy atom. The number of hydrogen-bond donors (Lipinski definition) is 1. The topological polar surface area (TPSA) is 90.3 Å². The van der Waals surface area contributed by atoms with E-state index in [-0.39, 0.29) is 18.1 Å². The van der Waals surface area contributed by atoms with Crippen molar-refractivity contribution >= 4 is 15.9 Å². The second-order valence-electron chi connectivity index (χ2n) is 4.24. The molecule has 0 fully saturated rings. The van der Waals surface area contributed by atoms with Crippen molar-refractivity contribution in [3.8, 4) is 0 Å². The van der Waals surface area contributed by atoms with E-state index in [0.717, 1.165) is 18.7 Å². The van der Waals surface area contributed by atoms with Gasteiger partial charge >= 0.3 is 0 Å². The van der Waals surface area contributed by atoms with Crippen molar-refractivity contribution in [3.05, 3.63) is 12.0 Å². The van der Waals surface area contributed by atoms with E-state index in [1.165, 1.54) is 6.20 Å². The van der Waals surface area contributed by atoms with Crippen molar-refractivity contribution in [1.82, 2.24) is 14.3 Å². The van der Waals surface area contributed by atoms with Crippen molar-refractivity contribution < 1.29 is 17.9 Å². The van der Waals surface area contributed by atoms with E-state index in [1.54, 1.807) is 4.57 Å². The fraction of sp³-hybridized carbons (Fsp3) is 0.636. The summed E-state index contributed by atoms with van der Waals surface area (Å²) < 4.78 is 32.8. The first-order valence-corrected chi connectivity index (χ1v) is 7.70. The lowest BCUT2D eigenvalue weighted by Gasteiger charge is -2.08. The molecule has 19 heavy (non-hydrogen) atoms. The summed E-state index contributed by atoms with van der Waals surface area (Å²) in [5, 5.41) is 0.0600. The SMILES string of the molecule is CCOCCC(=O)NS(=O)(=O)c1cnc2n1CCC2. The average molecular weight is 287 g/mol. The lowest BCUT2D eigenvalue weighted by atomic mass is 10.4. The van der Waals surface area contributed by atoms with Crippen LogP contribution < -0.4 is 4.72 Å². The first kappa shape index (κ1) is 14.0. The zero-order valence-corrected chi connectivity index (χ0v) is 11.6. The molecule has 0 atom stereocenters. The summed E-state index contributed by atoms with van der Waals surface area (Å²) in [4.78, 5) is 15.6. The average Bonchev–Trinajstić information content (AvgIpc) is 2.89. The molecule has 1 N–H and O–H groups in total. The van der Waals surface area contributed by atoms with Gasteiger partial charge in [0.25, 0.3) is 10.0 Å². The number of nitrogens with zero attached hydrogens (tertiary/aromatic N) is 2. The highest BCUT2D eigenvalue weighted by molar-refractivity contribution is 7.90. The van der Waals surface area contributed by atoms with Crippen molar-refractivity contribution in [2.24, 2.45) is 0 Å². The van der Waals surface area contributed by atoms with Crippen LogP contribution in [0.1, 0.15) is 25.6 Å². The van der Waals surface area contributed by atoms with E-state index in [0.29, 0.717) is 13.2 Å². The molecule has 0 spiro atoms. The summed E-state index contributed by atoms with van der Waals surface area (Å²) in [6.45, 7) is 3.14. The lowest BCUT2D eigenvalue weighted by molar-refractivity contribution is -0.120. The molecule has 8 heteroatoms. The zero-order valence-electron chi connectivity index (χ0n) is 10.8. The number of hydrogen-bond acceptors (Lipinski definition) is 5. The third-order valence-electron chi connectivity index (χ3n) is 2.88. The van der Waals surface area contributed by atoms with Gasteiger partial charge in [-0.05, 0) is 13.3 Å². The number of rotatable bonds is 6. The number of sulfonamides is 1. The standard InChI is InChI=1S/C11H17N3O4S/c1-2-18-7-5-10(15)13-19(16,17)11-8-12-9-4-3-6-14(9)11/h8H,2-7H2,1H3,(H,13,15). The highest BCUT2D eigenvalue weighted by atomic mass is 32.2. The normalized spacial score (nSPS) is 14.4. The molecule has 1 amide bonds. The minimum atomic E-state index is -3.83. The summed E-state index contributed by atoms with van der Waals surface area (Å²) in [6.07, 6.45) is 2.97. The van der Waals surface area contributed by atoms with Crippen LogP contribution in [-0.4, -0.2) is 37.1 Å². The van der Waals surface area contributed by atoms with E-state index in [4.69, 9.17) is 4.74 Å². The van der Waals surface area contributed by atoms with Gasteiger partial charge < -0.3 is 9.30 Å². The molecule has 106 valence electrons. The van der Waals surface area contributed by atoms with E-state index in [1.807, 2.05) is 11.6 Å². The van der Waals surface area contributed by atoms with Crippen LogP contribution in [0.3, 0.4) is 0 Å². The summed E-state index contributed by atoms with van der Waals surface area (Å²) in [6, 6.07) is 0. The monoisotopic (exact) mass is 287 g/mol. The molecule has 1 aromatic rings. The predicted molar refractivity (Wildman–Crippen MR) is 67.0 cm³/mol. The highest BCUT2D eigenvalue weighted by Crippen LogP contribution is 2.19. The van der Waals surface area contributed by atoms with Crippen molar-refractivity contribution in [2.75, 3.05) is 13.2 Å². The van der Waals surface area contributed by atoms with Gasteiger partial charge in [0.15, 0.2) is 5.03 Å². The number of aryl methyl sites for hydroxylation is 1. The van der Waals surface area contributed by atoms with Gasteiger partial charge in [-0.15, -0.1) is 0 Å². The van der Waals surface area contributed by atoms with Crippen molar-refractivity contribution in [2.45, 2.75) is 37.8 Å². The van der Waals surface area contributed by atoms with Crippen LogP contribution in [-0.2, 0) is 32.5 Å². The summed E-state index contributed by atoms with van der Waals surface area (Å²) >= 11 is 0. The van der Waals surface area contributed by atoms with Gasteiger partial charge in [-0.3, -0.25) is 4.79 Å². The lowest BCUT2D eigenvalue weighted by Crippen LogP contribution is -2.32. The maximum atomic E-state index is 12.1. The Morgan fingerprint density at radius 2 is 2.37 bits per heavy atom. The molecule has 0 unspecified atom stereocenters. The molecular weight excluding hydrogens is 270 g/mol. The van der Waals surface area contributed by atoms with Crippen LogP contribution in [0, 0.1) is 0 Å². The third-order valence-corrected chi connectivity index (χ3v) is 4.26. The Kier molecular flexibility index (Phi) is 4.20. The summed E-state index contributed by atoms with van der Waals surface area (Å²) in [7, 11) is -3.83. The number of imidazole rings is 1. The highest BCUT2D eigenvalue weighted by Gasteiger charge is 2.26. The first-order chi connectivity index (χ1) is 9.04. The number of nitrogens with one attached hydrogen (secondary N) is 1. The summed E-state index contributed by atoms with van der Waals surface area (Å²) in [5.74, 6) is 0.184. The molecule has 0 aliphatic carbocycles. The molecule has 2 heterocycles. The predicted octanol–water partition coefficient (Wildman–Crippen LogP) is 0.0608. The second-order valence-corrected chi connectivity index (χ2v) is 5.87.